The maximum absolute atomic E-state index is 12.5. The predicted molar refractivity (Wildman–Crippen MR) is 102 cm³/mol. The van der Waals surface area contributed by atoms with Gasteiger partial charge in [0.05, 0.1) is 7.11 Å². The van der Waals surface area contributed by atoms with Gasteiger partial charge in [-0.2, -0.15) is 8.42 Å². The normalized spacial score (nSPS) is 14.5. The molecule has 0 bridgehead atoms. The first-order valence-corrected chi connectivity index (χ1v) is 10.1. The molecule has 1 aliphatic heterocycles. The fourth-order valence-corrected chi connectivity index (χ4v) is 3.84. The molecular weight excluding hydrogens is 368 g/mol. The lowest BCUT2D eigenvalue weighted by Crippen LogP contribution is -2.32. The molecule has 0 aromatic heterocycles. The van der Waals surface area contributed by atoms with Gasteiger partial charge in [-0.05, 0) is 42.8 Å². The van der Waals surface area contributed by atoms with E-state index in [2.05, 4.69) is 0 Å². The van der Waals surface area contributed by atoms with Crippen LogP contribution in [0.3, 0.4) is 0 Å². The fraction of sp³-hybridized carbons (Fsp3) is 0.316. The summed E-state index contributed by atoms with van der Waals surface area (Å²) >= 11 is 0. The Morgan fingerprint density at radius 2 is 1.74 bits per heavy atom. The average molecular weight is 390 g/mol. The van der Waals surface area contributed by atoms with Crippen LogP contribution in [0, 0.1) is 0 Å². The van der Waals surface area contributed by atoms with E-state index in [1.54, 1.807) is 40.1 Å². The smallest absolute Gasteiger partial charge is 0.339 e. The summed E-state index contributed by atoms with van der Waals surface area (Å²) in [6, 6.07) is 12.5. The number of methoxy groups -OCH3 is 1. The van der Waals surface area contributed by atoms with Crippen LogP contribution < -0.4 is 13.8 Å². The standard InChI is InChI=1S/C19H22N2O5S/c1-3-11-20-12-13-21(19(20)22)15-7-9-18(10-8-15)27(23,24)26-17-6-4-5-16(14-17)25-2/h4-10,14H,3,11-13H2,1-2H3. The van der Waals surface area contributed by atoms with Crippen LogP contribution in [-0.2, 0) is 10.1 Å². The Balaban J connectivity index is 1.75. The highest BCUT2D eigenvalue weighted by Crippen LogP contribution is 2.26. The van der Waals surface area contributed by atoms with Crippen molar-refractivity contribution in [3.63, 3.8) is 0 Å². The van der Waals surface area contributed by atoms with E-state index in [4.69, 9.17) is 8.92 Å². The van der Waals surface area contributed by atoms with Crippen LogP contribution in [0.25, 0.3) is 0 Å². The van der Waals surface area contributed by atoms with Crippen LogP contribution in [0.5, 0.6) is 11.5 Å². The fourth-order valence-electron chi connectivity index (χ4n) is 2.92. The van der Waals surface area contributed by atoms with E-state index in [1.165, 1.54) is 25.3 Å². The number of hydrogen-bond donors (Lipinski definition) is 0. The van der Waals surface area contributed by atoms with E-state index in [0.29, 0.717) is 24.5 Å². The molecule has 0 saturated carbocycles. The molecule has 2 aromatic rings. The molecule has 0 aliphatic carbocycles. The summed E-state index contributed by atoms with van der Waals surface area (Å²) in [4.78, 5) is 15.8. The van der Waals surface area contributed by atoms with Gasteiger partial charge >= 0.3 is 16.1 Å². The van der Waals surface area contributed by atoms with Crippen molar-refractivity contribution in [2.45, 2.75) is 18.2 Å². The summed E-state index contributed by atoms with van der Waals surface area (Å²) in [6.07, 6.45) is 0.901. The molecule has 2 amide bonds. The van der Waals surface area contributed by atoms with Crippen molar-refractivity contribution >= 4 is 21.8 Å². The van der Waals surface area contributed by atoms with E-state index >= 15 is 0 Å². The molecule has 2 aromatic carbocycles. The summed E-state index contributed by atoms with van der Waals surface area (Å²) < 4.78 is 35.2. The molecule has 8 heteroatoms. The van der Waals surface area contributed by atoms with Crippen molar-refractivity contribution in [2.24, 2.45) is 0 Å². The molecule has 1 heterocycles. The van der Waals surface area contributed by atoms with Crippen LogP contribution in [0.2, 0.25) is 0 Å². The molecule has 3 rings (SSSR count). The minimum atomic E-state index is -3.98. The Morgan fingerprint density at radius 3 is 2.41 bits per heavy atom. The Morgan fingerprint density at radius 1 is 1.04 bits per heavy atom. The molecular formula is C19H22N2O5S. The SMILES string of the molecule is CCCN1CCN(c2ccc(S(=O)(=O)Oc3cccc(OC)c3)cc2)C1=O. The van der Waals surface area contributed by atoms with E-state index in [-0.39, 0.29) is 16.7 Å². The molecule has 0 atom stereocenters. The summed E-state index contributed by atoms with van der Waals surface area (Å²) in [5.74, 6) is 0.672. The van der Waals surface area contributed by atoms with Crippen LogP contribution in [-0.4, -0.2) is 46.1 Å². The molecule has 144 valence electrons. The lowest BCUT2D eigenvalue weighted by atomic mass is 10.3. The third-order valence-corrected chi connectivity index (χ3v) is 5.53. The topological polar surface area (TPSA) is 76.2 Å². The van der Waals surface area contributed by atoms with Crippen molar-refractivity contribution in [3.05, 3.63) is 48.5 Å². The van der Waals surface area contributed by atoms with Crippen molar-refractivity contribution in [1.29, 1.82) is 0 Å². The van der Waals surface area contributed by atoms with Gasteiger partial charge in [-0.15, -0.1) is 0 Å². The number of hydrogen-bond acceptors (Lipinski definition) is 5. The number of ether oxygens (including phenoxy) is 1. The zero-order valence-electron chi connectivity index (χ0n) is 15.3. The van der Waals surface area contributed by atoms with Gasteiger partial charge in [0.2, 0.25) is 0 Å². The Labute approximate surface area is 159 Å². The predicted octanol–water partition coefficient (Wildman–Crippen LogP) is 3.11. The first kappa shape index (κ1) is 19.0. The molecule has 27 heavy (non-hydrogen) atoms. The maximum Gasteiger partial charge on any atom is 0.339 e. The van der Waals surface area contributed by atoms with Crippen LogP contribution in [0.15, 0.2) is 53.4 Å². The maximum atomic E-state index is 12.5. The minimum Gasteiger partial charge on any atom is -0.497 e. The van der Waals surface area contributed by atoms with E-state index in [0.717, 1.165) is 13.0 Å². The Hall–Kier alpha value is -2.74. The monoisotopic (exact) mass is 390 g/mol. The molecule has 0 N–H and O–H groups in total. The number of urea groups is 1. The second kappa shape index (κ2) is 7.87. The minimum absolute atomic E-state index is 0.0196. The van der Waals surface area contributed by atoms with Crippen molar-refractivity contribution in [2.75, 3.05) is 31.6 Å². The van der Waals surface area contributed by atoms with Gasteiger partial charge in [-0.25, -0.2) is 4.79 Å². The number of nitrogens with zero attached hydrogens (tertiary/aromatic N) is 2. The van der Waals surface area contributed by atoms with Gasteiger partial charge in [0.25, 0.3) is 0 Å². The van der Waals surface area contributed by atoms with Crippen LogP contribution in [0.4, 0.5) is 10.5 Å². The van der Waals surface area contributed by atoms with Gasteiger partial charge in [-0.1, -0.05) is 13.0 Å². The van der Waals surface area contributed by atoms with Crippen LogP contribution in [0.1, 0.15) is 13.3 Å². The molecule has 0 radical (unpaired) electrons. The molecule has 7 nitrogen and oxygen atoms in total. The molecule has 0 unspecified atom stereocenters. The van der Waals surface area contributed by atoms with Gasteiger partial charge in [0.1, 0.15) is 16.4 Å². The van der Waals surface area contributed by atoms with Crippen molar-refractivity contribution in [1.82, 2.24) is 4.90 Å². The van der Waals surface area contributed by atoms with E-state index in [1.807, 2.05) is 6.92 Å². The average Bonchev–Trinajstić information content (AvgIpc) is 3.02. The lowest BCUT2D eigenvalue weighted by molar-refractivity contribution is 0.220. The van der Waals surface area contributed by atoms with Crippen molar-refractivity contribution in [3.8, 4) is 11.5 Å². The number of benzene rings is 2. The van der Waals surface area contributed by atoms with Gasteiger partial charge in [0, 0.05) is 31.4 Å². The summed E-state index contributed by atoms with van der Waals surface area (Å²) in [5, 5.41) is 0. The lowest BCUT2D eigenvalue weighted by Gasteiger charge is -2.18. The van der Waals surface area contributed by atoms with Crippen LogP contribution >= 0.6 is 0 Å². The highest BCUT2D eigenvalue weighted by atomic mass is 32.2. The zero-order chi connectivity index (χ0) is 19.4. The second-order valence-corrected chi connectivity index (χ2v) is 7.68. The molecule has 1 fully saturated rings. The van der Waals surface area contributed by atoms with Crippen molar-refractivity contribution < 1.29 is 22.1 Å². The van der Waals surface area contributed by atoms with E-state index in [9.17, 15) is 13.2 Å². The Kier molecular flexibility index (Phi) is 5.55. The summed E-state index contributed by atoms with van der Waals surface area (Å²) in [6.45, 7) is 4.00. The largest absolute Gasteiger partial charge is 0.497 e. The third kappa shape index (κ3) is 4.16. The first-order valence-electron chi connectivity index (χ1n) is 8.69. The molecule has 1 aliphatic rings. The number of carbonyl (C=O) groups excluding carboxylic acids is 1. The first-order chi connectivity index (χ1) is 12.9. The number of anilines is 1. The second-order valence-electron chi connectivity index (χ2n) is 6.13. The quantitative estimate of drug-likeness (QED) is 0.679. The molecule has 1 saturated heterocycles. The number of carbonyl (C=O) groups is 1. The van der Waals surface area contributed by atoms with Gasteiger partial charge in [0.15, 0.2) is 0 Å². The van der Waals surface area contributed by atoms with Gasteiger partial charge < -0.3 is 13.8 Å². The third-order valence-electron chi connectivity index (χ3n) is 4.27. The van der Waals surface area contributed by atoms with Gasteiger partial charge in [-0.3, -0.25) is 4.90 Å². The zero-order valence-corrected chi connectivity index (χ0v) is 16.1. The number of rotatable bonds is 7. The molecule has 0 spiro atoms. The van der Waals surface area contributed by atoms with E-state index < -0.39 is 10.1 Å². The Bertz CT molecular complexity index is 912. The summed E-state index contributed by atoms with van der Waals surface area (Å²) in [5.41, 5.74) is 0.666. The number of amides is 2. The highest BCUT2D eigenvalue weighted by Gasteiger charge is 2.29. The highest BCUT2D eigenvalue weighted by molar-refractivity contribution is 7.87. The summed E-state index contributed by atoms with van der Waals surface area (Å²) in [7, 11) is -2.49.